The first kappa shape index (κ1) is 25.8. The second kappa shape index (κ2) is 11.8. The highest BCUT2D eigenvalue weighted by molar-refractivity contribution is 5.99. The summed E-state index contributed by atoms with van der Waals surface area (Å²) >= 11 is 0. The molecule has 0 radical (unpaired) electrons. The van der Waals surface area contributed by atoms with Crippen LogP contribution in [-0.4, -0.2) is 0 Å². The molecule has 0 unspecified atom stereocenters. The molecular weight excluding hydrogens is 528 g/mol. The summed E-state index contributed by atoms with van der Waals surface area (Å²) in [7, 11) is 0. The molecule has 7 rings (SSSR count). The summed E-state index contributed by atoms with van der Waals surface area (Å²) in [4.78, 5) is 0. The van der Waals surface area contributed by atoms with E-state index in [9.17, 15) is 0 Å². The molecular formula is C44H16. The van der Waals surface area contributed by atoms with E-state index in [4.69, 9.17) is 0 Å². The van der Waals surface area contributed by atoms with Crippen molar-refractivity contribution in [3.8, 4) is 22.3 Å². The monoisotopic (exact) mass is 544 g/mol. The summed E-state index contributed by atoms with van der Waals surface area (Å²) in [5.41, 5.74) is 3.01. The number of rotatable bonds is 0. The van der Waals surface area contributed by atoms with Crippen LogP contribution < -0.4 is 0 Å². The molecule has 192 valence electrons. The number of hydrogen-bond acceptors (Lipinski definition) is 0. The molecule has 6 aromatic rings. The van der Waals surface area contributed by atoms with Crippen LogP contribution in [0.1, 0.15) is 0 Å². The molecule has 0 heterocycles. The molecule has 1 aliphatic rings. The first-order valence-electron chi connectivity index (χ1n) is 13.8. The van der Waals surface area contributed by atoms with Crippen molar-refractivity contribution in [3.63, 3.8) is 0 Å². The summed E-state index contributed by atoms with van der Waals surface area (Å²) in [6.07, 6.45) is 0. The van der Waals surface area contributed by atoms with E-state index in [-0.39, 0.29) is 0 Å². The smallest absolute Gasteiger partial charge is 0.0588 e. The lowest BCUT2D eigenvalue weighted by Crippen LogP contribution is -1.92. The lowest BCUT2D eigenvalue weighted by molar-refractivity contribution is 1.60. The highest BCUT2D eigenvalue weighted by atomic mass is 14.2. The number of benzene rings is 4. The van der Waals surface area contributed by atoms with E-state index in [0.29, 0.717) is 0 Å². The van der Waals surface area contributed by atoms with Gasteiger partial charge in [-0.15, -0.1) is 0 Å². The molecule has 0 spiro atoms. The minimum atomic E-state index is 0.751. The van der Waals surface area contributed by atoms with Crippen LogP contribution in [0.4, 0.5) is 0 Å². The molecule has 0 aliphatic heterocycles. The zero-order valence-electron chi connectivity index (χ0n) is 23.2. The summed E-state index contributed by atoms with van der Waals surface area (Å²) in [6.45, 7) is 0. The Morgan fingerprint density at radius 3 is 0.591 bits per heavy atom. The van der Waals surface area contributed by atoms with Crippen LogP contribution in [0.5, 0.6) is 0 Å². The van der Waals surface area contributed by atoms with Gasteiger partial charge in [-0.2, -0.15) is 0 Å². The van der Waals surface area contributed by atoms with E-state index >= 15 is 0 Å². The van der Waals surface area contributed by atoms with Gasteiger partial charge in [-0.3, -0.25) is 0 Å². The van der Waals surface area contributed by atoms with Crippen molar-refractivity contribution in [1.82, 2.24) is 0 Å². The summed E-state index contributed by atoms with van der Waals surface area (Å²) in [6, 6.07) is 82.5. The van der Waals surface area contributed by atoms with Gasteiger partial charge in [-0.25, -0.2) is 0 Å². The summed E-state index contributed by atoms with van der Waals surface area (Å²) in [5, 5.41) is 6.46. The fourth-order valence-corrected chi connectivity index (χ4v) is 4.66. The van der Waals surface area contributed by atoms with Gasteiger partial charge in [0.2, 0.25) is 0 Å². The molecule has 0 fully saturated rings. The fraction of sp³-hybridized carbons (Fsp3) is 0. The zero-order chi connectivity index (χ0) is 29.6. The van der Waals surface area contributed by atoms with E-state index in [0.717, 1.165) is 65.3 Å². The third-order valence-corrected chi connectivity index (χ3v) is 6.91. The predicted octanol–water partition coefficient (Wildman–Crippen LogP) is 9.25. The average Bonchev–Trinajstić information content (AvgIpc) is 3.05. The van der Waals surface area contributed by atoms with Crippen molar-refractivity contribution in [2.75, 3.05) is 0 Å². The molecule has 6 aromatic carbocycles. The van der Waals surface area contributed by atoms with Gasteiger partial charge in [0, 0.05) is 43.1 Å². The van der Waals surface area contributed by atoms with Crippen molar-refractivity contribution in [3.05, 3.63) is 194 Å². The second-order valence-corrected chi connectivity index (χ2v) is 9.68. The molecule has 44 heavy (non-hydrogen) atoms. The maximum atomic E-state index is 3.37. The Balaban J connectivity index is 1.60. The highest BCUT2D eigenvalue weighted by Gasteiger charge is 2.21. The largest absolute Gasteiger partial charge is 0.0609 e. The fourth-order valence-electron chi connectivity index (χ4n) is 4.66. The van der Waals surface area contributed by atoms with E-state index in [1.807, 2.05) is 97.1 Å². The molecule has 0 bridgehead atoms. The maximum Gasteiger partial charge on any atom is 0.0588 e. The van der Waals surface area contributed by atoms with Crippen LogP contribution in [-0.2, 0) is 0 Å². The molecule has 0 atom stereocenters. The highest BCUT2D eigenvalue weighted by Crippen LogP contribution is 2.41. The molecule has 1 aliphatic carbocycles. The average molecular weight is 545 g/mol. The Morgan fingerprint density at radius 2 is 0.386 bits per heavy atom. The van der Waals surface area contributed by atoms with Crippen LogP contribution in [0.3, 0.4) is 0 Å². The Hall–Kier alpha value is -7.16. The zero-order valence-corrected chi connectivity index (χ0v) is 23.2. The van der Waals surface area contributed by atoms with Crippen LogP contribution in [0.25, 0.3) is 65.3 Å². The maximum absolute atomic E-state index is 3.37. The number of fused-ring (bicyclic) bond motifs is 8. The van der Waals surface area contributed by atoms with Gasteiger partial charge in [-0.05, 0) is 72.8 Å². The summed E-state index contributed by atoms with van der Waals surface area (Å²) < 4.78 is 0. The van der Waals surface area contributed by atoms with Gasteiger partial charge < -0.3 is 0 Å². The van der Waals surface area contributed by atoms with E-state index in [1.165, 1.54) is 0 Å². The van der Waals surface area contributed by atoms with Gasteiger partial charge in [0.25, 0.3) is 0 Å². The number of hydrogen-bond donors (Lipinski definition) is 0. The first-order chi connectivity index (χ1) is 21.8. The molecule has 0 N–H and O–H groups in total. The third-order valence-electron chi connectivity index (χ3n) is 6.91. The summed E-state index contributed by atoms with van der Waals surface area (Å²) in [5.74, 6) is 0. The van der Waals surface area contributed by atoms with E-state index < -0.39 is 0 Å². The minimum Gasteiger partial charge on any atom is -0.0609 e. The topological polar surface area (TPSA) is 0 Å². The Morgan fingerprint density at radius 1 is 0.205 bits per heavy atom. The standard InChI is InChI=1S/C44H16/c1-2-14-34-18-6-10-22-38(34)26-30-42-41(29-25-37-21-9-5-17-33(37)13-1)43-31-27-39-23-11-7-19-35(39)15-3-4-16-36-20-8-12-24-40(36)28-32-44(42)43/h5-12,17-24H. The van der Waals surface area contributed by atoms with Crippen molar-refractivity contribution in [2.45, 2.75) is 0 Å². The van der Waals surface area contributed by atoms with Gasteiger partial charge in [0.15, 0.2) is 0 Å². The molecule has 0 saturated heterocycles. The predicted molar refractivity (Wildman–Crippen MR) is 173 cm³/mol. The van der Waals surface area contributed by atoms with Crippen molar-refractivity contribution in [1.29, 1.82) is 0 Å². The lowest BCUT2D eigenvalue weighted by Gasteiger charge is -2.12. The van der Waals surface area contributed by atoms with Gasteiger partial charge >= 0.3 is 0 Å². The quantitative estimate of drug-likeness (QED) is 0.179. The molecule has 0 nitrogen and oxygen atoms in total. The van der Waals surface area contributed by atoms with Gasteiger partial charge in [0.1, 0.15) is 0 Å². The minimum absolute atomic E-state index is 0.751. The van der Waals surface area contributed by atoms with Crippen LogP contribution in [0.2, 0.25) is 0 Å². The SMILES string of the molecule is c1c#cc2ccccc2c#cc2c(c#cc3ccccc3c#1)-c1c#cc3ccccc3c#cc#cc3ccccc3c#cc1-2. The lowest BCUT2D eigenvalue weighted by atomic mass is 9.85. The molecule has 0 aromatic heterocycles. The van der Waals surface area contributed by atoms with Crippen molar-refractivity contribution < 1.29 is 0 Å². The van der Waals surface area contributed by atoms with Gasteiger partial charge in [0.05, 0.1) is 22.3 Å². The van der Waals surface area contributed by atoms with Crippen molar-refractivity contribution in [2.24, 2.45) is 0 Å². The van der Waals surface area contributed by atoms with Crippen molar-refractivity contribution >= 4 is 43.1 Å². The molecule has 0 heteroatoms. The normalized spacial score (nSPS) is 9.27. The molecule has 0 saturated carbocycles. The van der Waals surface area contributed by atoms with Crippen LogP contribution in [0.15, 0.2) is 97.1 Å². The molecule has 0 amide bonds. The van der Waals surface area contributed by atoms with Crippen LogP contribution >= 0.6 is 0 Å². The third kappa shape index (κ3) is 5.29. The van der Waals surface area contributed by atoms with Crippen LogP contribution in [0, 0.1) is 97.1 Å². The van der Waals surface area contributed by atoms with E-state index in [2.05, 4.69) is 97.1 Å². The Bertz CT molecular complexity index is 1950. The first-order valence-corrected chi connectivity index (χ1v) is 13.8. The Labute approximate surface area is 258 Å². The van der Waals surface area contributed by atoms with Gasteiger partial charge in [-0.1, -0.05) is 121 Å². The Kier molecular flexibility index (Phi) is 6.89. The van der Waals surface area contributed by atoms with E-state index in [1.54, 1.807) is 0 Å². The second-order valence-electron chi connectivity index (χ2n) is 9.68.